The molecule has 1 atom stereocenters. The molecule has 1 unspecified atom stereocenters. The van der Waals surface area contributed by atoms with E-state index >= 15 is 0 Å². The summed E-state index contributed by atoms with van der Waals surface area (Å²) in [5.74, 6) is 0. The predicted molar refractivity (Wildman–Crippen MR) is 54.1 cm³/mol. The second kappa shape index (κ2) is 4.57. The Balaban J connectivity index is 1.70. The third kappa shape index (κ3) is 2.33. The van der Waals surface area contributed by atoms with Gasteiger partial charge in [0, 0.05) is 31.9 Å². The third-order valence-electron chi connectivity index (χ3n) is 2.65. The van der Waals surface area contributed by atoms with E-state index in [0.29, 0.717) is 6.10 Å². The fourth-order valence-electron chi connectivity index (χ4n) is 1.75. The summed E-state index contributed by atoms with van der Waals surface area (Å²) < 4.78 is 7.63. The van der Waals surface area contributed by atoms with Crippen LogP contribution in [0, 0.1) is 0 Å². The van der Waals surface area contributed by atoms with Gasteiger partial charge < -0.3 is 10.1 Å². The molecule has 0 radical (unpaired) electrons. The Bertz CT molecular complexity index is 279. The van der Waals surface area contributed by atoms with Crippen LogP contribution in [0.4, 0.5) is 0 Å². The first-order valence-corrected chi connectivity index (χ1v) is 5.15. The second-order valence-corrected chi connectivity index (χ2v) is 3.68. The molecule has 14 heavy (non-hydrogen) atoms. The number of nitrogens with one attached hydrogen (secondary N) is 1. The van der Waals surface area contributed by atoms with Gasteiger partial charge in [-0.05, 0) is 19.0 Å². The van der Waals surface area contributed by atoms with Gasteiger partial charge in [0.25, 0.3) is 0 Å². The van der Waals surface area contributed by atoms with Gasteiger partial charge in [-0.2, -0.15) is 5.10 Å². The number of nitrogens with zero attached hydrogens (tertiary/aromatic N) is 2. The molecule has 1 aliphatic heterocycles. The molecule has 0 spiro atoms. The lowest BCUT2D eigenvalue weighted by Gasteiger charge is -2.09. The van der Waals surface area contributed by atoms with Gasteiger partial charge in [0.2, 0.25) is 0 Å². The van der Waals surface area contributed by atoms with Crippen LogP contribution in [0.3, 0.4) is 0 Å². The zero-order valence-corrected chi connectivity index (χ0v) is 8.57. The van der Waals surface area contributed by atoms with Gasteiger partial charge >= 0.3 is 0 Å². The molecule has 78 valence electrons. The van der Waals surface area contributed by atoms with Gasteiger partial charge in [-0.15, -0.1) is 0 Å². The number of rotatable bonds is 4. The third-order valence-corrected chi connectivity index (χ3v) is 2.65. The van der Waals surface area contributed by atoms with Crippen molar-refractivity contribution in [2.24, 2.45) is 7.05 Å². The average molecular weight is 195 g/mol. The van der Waals surface area contributed by atoms with Crippen molar-refractivity contribution < 1.29 is 4.74 Å². The van der Waals surface area contributed by atoms with E-state index < -0.39 is 0 Å². The van der Waals surface area contributed by atoms with E-state index in [9.17, 15) is 0 Å². The Hall–Kier alpha value is -0.870. The Morgan fingerprint density at radius 3 is 3.29 bits per heavy atom. The van der Waals surface area contributed by atoms with Crippen LogP contribution in [0.15, 0.2) is 12.3 Å². The Morgan fingerprint density at radius 2 is 2.64 bits per heavy atom. The Kier molecular flexibility index (Phi) is 3.16. The molecule has 4 nitrogen and oxygen atoms in total. The number of hydrogen-bond donors (Lipinski definition) is 1. The topological polar surface area (TPSA) is 39.1 Å². The fraction of sp³-hybridized carbons (Fsp3) is 0.700. The van der Waals surface area contributed by atoms with E-state index in [1.165, 1.54) is 5.69 Å². The number of hydrogen-bond acceptors (Lipinski definition) is 3. The summed E-state index contributed by atoms with van der Waals surface area (Å²) in [5.41, 5.74) is 1.23. The molecule has 0 aromatic carbocycles. The molecule has 2 rings (SSSR count). The molecule has 1 aromatic rings. The highest BCUT2D eigenvalue weighted by molar-refractivity contribution is 4.99. The van der Waals surface area contributed by atoms with Crippen molar-refractivity contribution in [3.05, 3.63) is 18.0 Å². The molecule has 2 heterocycles. The molecule has 1 fully saturated rings. The highest BCUT2D eigenvalue weighted by Crippen LogP contribution is 2.04. The minimum absolute atomic E-state index is 0.420. The van der Waals surface area contributed by atoms with Crippen molar-refractivity contribution in [3.8, 4) is 0 Å². The van der Waals surface area contributed by atoms with Crippen LogP contribution < -0.4 is 5.32 Å². The summed E-state index contributed by atoms with van der Waals surface area (Å²) in [6.45, 7) is 2.90. The van der Waals surface area contributed by atoms with Gasteiger partial charge in [0.1, 0.15) is 0 Å². The summed E-state index contributed by atoms with van der Waals surface area (Å²) >= 11 is 0. The summed E-state index contributed by atoms with van der Waals surface area (Å²) in [7, 11) is 1.96. The number of aromatic nitrogens is 2. The first-order chi connectivity index (χ1) is 6.86. The molecule has 1 aromatic heterocycles. The Labute approximate surface area is 84.3 Å². The highest BCUT2D eigenvalue weighted by atomic mass is 16.5. The van der Waals surface area contributed by atoms with E-state index in [0.717, 1.165) is 32.5 Å². The first-order valence-electron chi connectivity index (χ1n) is 5.15. The average Bonchev–Trinajstić information content (AvgIpc) is 2.78. The van der Waals surface area contributed by atoms with Crippen molar-refractivity contribution >= 4 is 0 Å². The van der Waals surface area contributed by atoms with E-state index in [1.54, 1.807) is 0 Å². The maximum Gasteiger partial charge on any atom is 0.0711 e. The monoisotopic (exact) mass is 195 g/mol. The van der Waals surface area contributed by atoms with Crippen LogP contribution in [0.25, 0.3) is 0 Å². The molecule has 0 saturated carbocycles. The van der Waals surface area contributed by atoms with Crippen molar-refractivity contribution in [3.63, 3.8) is 0 Å². The summed E-state index contributed by atoms with van der Waals surface area (Å²) in [6, 6.07) is 2.04. The van der Waals surface area contributed by atoms with E-state index in [-0.39, 0.29) is 0 Å². The fourth-order valence-corrected chi connectivity index (χ4v) is 1.75. The minimum atomic E-state index is 0.420. The molecule has 4 heteroatoms. The van der Waals surface area contributed by atoms with Gasteiger partial charge in [0.15, 0.2) is 0 Å². The van der Waals surface area contributed by atoms with Crippen molar-refractivity contribution in [2.75, 3.05) is 19.7 Å². The van der Waals surface area contributed by atoms with Gasteiger partial charge in [-0.3, -0.25) is 4.68 Å². The van der Waals surface area contributed by atoms with Crippen LogP contribution in [0.5, 0.6) is 0 Å². The summed E-state index contributed by atoms with van der Waals surface area (Å²) in [5, 5.41) is 7.40. The van der Waals surface area contributed by atoms with Crippen LogP contribution in [0.2, 0.25) is 0 Å². The lowest BCUT2D eigenvalue weighted by molar-refractivity contribution is 0.0686. The molecule has 1 N–H and O–H groups in total. The maximum absolute atomic E-state index is 5.73. The number of ether oxygens (including phenoxy) is 1. The van der Waals surface area contributed by atoms with Gasteiger partial charge in [0.05, 0.1) is 12.7 Å². The second-order valence-electron chi connectivity index (χ2n) is 3.68. The molecule has 0 amide bonds. The van der Waals surface area contributed by atoms with Crippen molar-refractivity contribution in [1.29, 1.82) is 0 Å². The van der Waals surface area contributed by atoms with Gasteiger partial charge in [-0.1, -0.05) is 0 Å². The standard InChI is InChI=1S/C10H17N3O/c1-13-9(2-6-12-13)4-7-14-10-3-5-11-8-10/h2,6,10-11H,3-5,7-8H2,1H3. The van der Waals surface area contributed by atoms with Crippen LogP contribution >= 0.6 is 0 Å². The quantitative estimate of drug-likeness (QED) is 0.753. The summed E-state index contributed by atoms with van der Waals surface area (Å²) in [4.78, 5) is 0. The molecule has 1 aliphatic rings. The lowest BCUT2D eigenvalue weighted by atomic mass is 10.3. The van der Waals surface area contributed by atoms with Crippen LogP contribution in [-0.4, -0.2) is 35.6 Å². The minimum Gasteiger partial charge on any atom is -0.376 e. The van der Waals surface area contributed by atoms with Crippen LogP contribution in [0.1, 0.15) is 12.1 Å². The lowest BCUT2D eigenvalue weighted by Crippen LogP contribution is -2.18. The smallest absolute Gasteiger partial charge is 0.0711 e. The van der Waals surface area contributed by atoms with Crippen molar-refractivity contribution in [2.45, 2.75) is 18.9 Å². The predicted octanol–water partition coefficient (Wildman–Crippen LogP) is 0.341. The zero-order chi connectivity index (χ0) is 9.80. The van der Waals surface area contributed by atoms with Crippen LogP contribution in [-0.2, 0) is 18.2 Å². The zero-order valence-electron chi connectivity index (χ0n) is 8.57. The molecule has 0 bridgehead atoms. The molecular weight excluding hydrogens is 178 g/mol. The van der Waals surface area contributed by atoms with Crippen molar-refractivity contribution in [1.82, 2.24) is 15.1 Å². The largest absolute Gasteiger partial charge is 0.376 e. The molecule has 0 aliphatic carbocycles. The first kappa shape index (κ1) is 9.68. The Morgan fingerprint density at radius 1 is 1.71 bits per heavy atom. The number of aryl methyl sites for hydroxylation is 1. The SMILES string of the molecule is Cn1nccc1CCOC1CCNC1. The van der Waals surface area contributed by atoms with Gasteiger partial charge in [-0.25, -0.2) is 0 Å². The van der Waals surface area contributed by atoms with E-state index in [1.807, 2.05) is 24.0 Å². The molecule has 1 saturated heterocycles. The highest BCUT2D eigenvalue weighted by Gasteiger charge is 2.14. The maximum atomic E-state index is 5.73. The van der Waals surface area contributed by atoms with E-state index in [2.05, 4.69) is 10.4 Å². The summed E-state index contributed by atoms with van der Waals surface area (Å²) in [6.07, 6.45) is 4.34. The molecular formula is C10H17N3O. The normalized spacial score (nSPS) is 21.6. The van der Waals surface area contributed by atoms with E-state index in [4.69, 9.17) is 4.74 Å².